The molecule has 0 fully saturated rings. The standard InChI is InChI=1S/C21H26N4O6S/c1-4-31-17-10-8-16(9-11-17)24-20(27)14-22-19(26)13-23-21(28)15-6-5-7-18(12-15)32(29,30)25(2)3/h5-12H,4,13-14H2,1-3H3,(H,22,26)(H,23,28)(H,24,27). The quantitative estimate of drug-likeness (QED) is 0.479. The van der Waals surface area contributed by atoms with Crippen LogP contribution in [0.2, 0.25) is 0 Å². The zero-order valence-corrected chi connectivity index (χ0v) is 18.9. The second-order valence-corrected chi connectivity index (χ2v) is 8.93. The average molecular weight is 463 g/mol. The van der Waals surface area contributed by atoms with E-state index in [9.17, 15) is 22.8 Å². The van der Waals surface area contributed by atoms with Crippen molar-refractivity contribution < 1.29 is 27.5 Å². The number of carbonyl (C=O) groups is 3. The van der Waals surface area contributed by atoms with Crippen LogP contribution in [0.5, 0.6) is 5.75 Å². The zero-order chi connectivity index (χ0) is 23.7. The van der Waals surface area contributed by atoms with Crippen LogP contribution in [0.3, 0.4) is 0 Å². The second-order valence-electron chi connectivity index (χ2n) is 6.78. The van der Waals surface area contributed by atoms with E-state index in [4.69, 9.17) is 4.74 Å². The Morgan fingerprint density at radius 2 is 1.59 bits per heavy atom. The van der Waals surface area contributed by atoms with E-state index in [0.29, 0.717) is 18.0 Å². The first-order valence-electron chi connectivity index (χ1n) is 9.73. The van der Waals surface area contributed by atoms with Gasteiger partial charge in [-0.15, -0.1) is 0 Å². The summed E-state index contributed by atoms with van der Waals surface area (Å²) in [7, 11) is -0.916. The van der Waals surface area contributed by atoms with Gasteiger partial charge in [0, 0.05) is 25.3 Å². The molecule has 0 saturated carbocycles. The fourth-order valence-corrected chi connectivity index (χ4v) is 3.47. The summed E-state index contributed by atoms with van der Waals surface area (Å²) in [6.45, 7) is 1.75. The normalized spacial score (nSPS) is 11.0. The van der Waals surface area contributed by atoms with Gasteiger partial charge in [-0.3, -0.25) is 14.4 Å². The maximum Gasteiger partial charge on any atom is 0.251 e. The van der Waals surface area contributed by atoms with Crippen LogP contribution in [0, 0.1) is 0 Å². The maximum atomic E-state index is 12.3. The first-order valence-corrected chi connectivity index (χ1v) is 11.2. The third-order valence-corrected chi connectivity index (χ3v) is 5.99. The van der Waals surface area contributed by atoms with Crippen LogP contribution in [0.15, 0.2) is 53.4 Å². The van der Waals surface area contributed by atoms with E-state index in [0.717, 1.165) is 4.31 Å². The minimum atomic E-state index is -3.69. The Kier molecular flexibility index (Phi) is 8.73. The highest BCUT2D eigenvalue weighted by atomic mass is 32.2. The van der Waals surface area contributed by atoms with E-state index >= 15 is 0 Å². The molecule has 32 heavy (non-hydrogen) atoms. The van der Waals surface area contributed by atoms with Gasteiger partial charge in [0.1, 0.15) is 5.75 Å². The number of carbonyl (C=O) groups excluding carboxylic acids is 3. The van der Waals surface area contributed by atoms with E-state index in [-0.39, 0.29) is 23.5 Å². The van der Waals surface area contributed by atoms with Gasteiger partial charge in [0.25, 0.3) is 5.91 Å². The molecule has 3 N–H and O–H groups in total. The van der Waals surface area contributed by atoms with Gasteiger partial charge in [0.05, 0.1) is 24.6 Å². The highest BCUT2D eigenvalue weighted by Crippen LogP contribution is 2.16. The lowest BCUT2D eigenvalue weighted by atomic mass is 10.2. The topological polar surface area (TPSA) is 134 Å². The van der Waals surface area contributed by atoms with Crippen molar-refractivity contribution in [3.05, 3.63) is 54.1 Å². The van der Waals surface area contributed by atoms with Crippen molar-refractivity contribution in [3.63, 3.8) is 0 Å². The Balaban J connectivity index is 1.81. The van der Waals surface area contributed by atoms with E-state index in [2.05, 4.69) is 16.0 Å². The molecule has 0 heterocycles. The van der Waals surface area contributed by atoms with E-state index in [1.165, 1.54) is 38.4 Å². The molecule has 0 saturated heterocycles. The smallest absolute Gasteiger partial charge is 0.251 e. The summed E-state index contributed by atoms with van der Waals surface area (Å²) in [6, 6.07) is 12.3. The van der Waals surface area contributed by atoms with Crippen molar-refractivity contribution >= 4 is 33.4 Å². The SMILES string of the molecule is CCOc1ccc(NC(=O)CNC(=O)CNC(=O)c2cccc(S(=O)(=O)N(C)C)c2)cc1. The molecule has 0 atom stereocenters. The number of amides is 3. The molecule has 3 amide bonds. The van der Waals surface area contributed by atoms with Gasteiger partial charge < -0.3 is 20.7 Å². The summed E-state index contributed by atoms with van der Waals surface area (Å²) in [5.74, 6) is -0.943. The first kappa shape index (κ1) is 24.8. The Bertz CT molecular complexity index is 1070. The largest absolute Gasteiger partial charge is 0.494 e. The number of rotatable bonds is 10. The number of benzene rings is 2. The molecular formula is C21H26N4O6S. The highest BCUT2D eigenvalue weighted by molar-refractivity contribution is 7.89. The Morgan fingerprint density at radius 3 is 2.22 bits per heavy atom. The predicted octanol–water partition coefficient (Wildman–Crippen LogP) is 0.820. The van der Waals surface area contributed by atoms with Crippen molar-refractivity contribution in [1.29, 1.82) is 0 Å². The van der Waals surface area contributed by atoms with Crippen molar-refractivity contribution in [1.82, 2.24) is 14.9 Å². The van der Waals surface area contributed by atoms with Crippen molar-refractivity contribution in [3.8, 4) is 5.75 Å². The third kappa shape index (κ3) is 7.06. The Hall–Kier alpha value is -3.44. The van der Waals surface area contributed by atoms with Crippen LogP contribution in [0.1, 0.15) is 17.3 Å². The number of nitrogens with one attached hydrogen (secondary N) is 3. The Morgan fingerprint density at radius 1 is 0.938 bits per heavy atom. The molecule has 0 unspecified atom stereocenters. The number of hydrogen-bond acceptors (Lipinski definition) is 6. The van der Waals surface area contributed by atoms with Crippen LogP contribution in [-0.4, -0.2) is 64.2 Å². The minimum absolute atomic E-state index is 0.0365. The molecule has 0 aliphatic carbocycles. The van der Waals surface area contributed by atoms with Gasteiger partial charge in [-0.2, -0.15) is 0 Å². The number of ether oxygens (including phenoxy) is 1. The molecule has 0 radical (unpaired) electrons. The molecule has 2 aromatic carbocycles. The van der Waals surface area contributed by atoms with E-state index in [1.54, 1.807) is 24.3 Å². The number of anilines is 1. The van der Waals surface area contributed by atoms with Gasteiger partial charge in [0.15, 0.2) is 0 Å². The van der Waals surface area contributed by atoms with Crippen LogP contribution in [-0.2, 0) is 19.6 Å². The molecule has 0 aliphatic heterocycles. The van der Waals surface area contributed by atoms with Crippen molar-refractivity contribution in [2.24, 2.45) is 0 Å². The summed E-state index contributed by atoms with van der Waals surface area (Å²) in [6.07, 6.45) is 0. The summed E-state index contributed by atoms with van der Waals surface area (Å²) < 4.78 is 30.7. The van der Waals surface area contributed by atoms with Gasteiger partial charge >= 0.3 is 0 Å². The number of hydrogen-bond donors (Lipinski definition) is 3. The molecule has 172 valence electrons. The Labute approximate surface area is 187 Å². The van der Waals surface area contributed by atoms with Crippen molar-refractivity contribution in [2.75, 3.05) is 39.1 Å². The van der Waals surface area contributed by atoms with E-state index in [1.807, 2.05) is 6.92 Å². The summed E-state index contributed by atoms with van der Waals surface area (Å²) in [5, 5.41) is 7.42. The summed E-state index contributed by atoms with van der Waals surface area (Å²) in [5.41, 5.74) is 0.641. The summed E-state index contributed by atoms with van der Waals surface area (Å²) >= 11 is 0. The number of sulfonamides is 1. The van der Waals surface area contributed by atoms with Gasteiger partial charge in [-0.25, -0.2) is 12.7 Å². The lowest BCUT2D eigenvalue weighted by Crippen LogP contribution is -2.40. The second kappa shape index (κ2) is 11.3. The maximum absolute atomic E-state index is 12.3. The number of nitrogens with zero attached hydrogens (tertiary/aromatic N) is 1. The van der Waals surface area contributed by atoms with Crippen LogP contribution in [0.25, 0.3) is 0 Å². The molecule has 0 bridgehead atoms. The van der Waals surface area contributed by atoms with Crippen LogP contribution < -0.4 is 20.7 Å². The third-order valence-electron chi connectivity index (χ3n) is 4.18. The monoisotopic (exact) mass is 462 g/mol. The fraction of sp³-hybridized carbons (Fsp3) is 0.286. The highest BCUT2D eigenvalue weighted by Gasteiger charge is 2.19. The molecule has 0 aromatic heterocycles. The lowest BCUT2D eigenvalue weighted by molar-refractivity contribution is -0.123. The molecule has 10 nitrogen and oxygen atoms in total. The molecule has 11 heteroatoms. The lowest BCUT2D eigenvalue weighted by Gasteiger charge is -2.12. The zero-order valence-electron chi connectivity index (χ0n) is 18.0. The van der Waals surface area contributed by atoms with E-state index < -0.39 is 27.7 Å². The molecule has 2 aromatic rings. The average Bonchev–Trinajstić information content (AvgIpc) is 2.77. The van der Waals surface area contributed by atoms with Crippen molar-refractivity contribution in [2.45, 2.75) is 11.8 Å². The molecule has 2 rings (SSSR count). The summed E-state index contributed by atoms with van der Waals surface area (Å²) in [4.78, 5) is 36.1. The van der Waals surface area contributed by atoms with Gasteiger partial charge in [0.2, 0.25) is 21.8 Å². The molecule has 0 aliphatic rings. The van der Waals surface area contributed by atoms with Crippen LogP contribution >= 0.6 is 0 Å². The first-order chi connectivity index (χ1) is 15.1. The molecule has 0 spiro atoms. The van der Waals surface area contributed by atoms with Gasteiger partial charge in [-0.1, -0.05) is 6.07 Å². The van der Waals surface area contributed by atoms with Crippen LogP contribution in [0.4, 0.5) is 5.69 Å². The van der Waals surface area contributed by atoms with Gasteiger partial charge in [-0.05, 0) is 49.4 Å². The fourth-order valence-electron chi connectivity index (χ4n) is 2.52. The minimum Gasteiger partial charge on any atom is -0.494 e. The molecular weight excluding hydrogens is 436 g/mol. The predicted molar refractivity (Wildman–Crippen MR) is 119 cm³/mol.